The Labute approximate surface area is 391 Å². The number of hydrogen-bond acceptors (Lipinski definition) is 8. The third-order valence-corrected chi connectivity index (χ3v) is 11.2. The number of carbonyl (C=O) groups excluding carboxylic acids is 2. The SMILES string of the molecule is CC/C=C\C/C=C\C/C=C\C/C=C\C/C=C\C/C=C\C/C=C\CCCCCCCCCC(=O)OC(COC(=O)CCCCCCC/C=C\CCCCCCC)COP(=O)(O)OCCN. The third-order valence-electron chi connectivity index (χ3n) is 10.2. The fourth-order valence-electron chi connectivity index (χ4n) is 6.49. The van der Waals surface area contributed by atoms with Gasteiger partial charge in [0.05, 0.1) is 13.2 Å². The molecule has 0 radical (unpaired) electrons. The van der Waals surface area contributed by atoms with E-state index in [-0.39, 0.29) is 32.6 Å². The van der Waals surface area contributed by atoms with Gasteiger partial charge in [-0.3, -0.25) is 18.6 Å². The van der Waals surface area contributed by atoms with E-state index < -0.39 is 32.5 Å². The van der Waals surface area contributed by atoms with Crippen LogP contribution >= 0.6 is 7.82 Å². The van der Waals surface area contributed by atoms with Crippen molar-refractivity contribution in [3.63, 3.8) is 0 Å². The van der Waals surface area contributed by atoms with Gasteiger partial charge >= 0.3 is 19.8 Å². The lowest BCUT2D eigenvalue weighted by atomic mass is 10.1. The van der Waals surface area contributed by atoms with E-state index in [0.717, 1.165) is 109 Å². The van der Waals surface area contributed by atoms with Crippen LogP contribution in [0.2, 0.25) is 0 Å². The summed E-state index contributed by atoms with van der Waals surface area (Å²) in [5.41, 5.74) is 5.36. The number of phosphoric acid groups is 1. The minimum Gasteiger partial charge on any atom is -0.462 e. The molecule has 0 bridgehead atoms. The summed E-state index contributed by atoms with van der Waals surface area (Å²) in [6.07, 6.45) is 64.4. The van der Waals surface area contributed by atoms with Crippen molar-refractivity contribution in [3.8, 4) is 0 Å². The van der Waals surface area contributed by atoms with Crippen LogP contribution in [0, 0.1) is 0 Å². The molecule has 0 aromatic carbocycles. The molecule has 2 atom stereocenters. The van der Waals surface area contributed by atoms with Gasteiger partial charge in [-0.2, -0.15) is 0 Å². The zero-order valence-electron chi connectivity index (χ0n) is 40.5. The molecule has 64 heavy (non-hydrogen) atoms. The van der Waals surface area contributed by atoms with E-state index >= 15 is 0 Å². The molecule has 3 N–H and O–H groups in total. The Hall–Kier alpha value is -3.07. The zero-order chi connectivity index (χ0) is 46.7. The van der Waals surface area contributed by atoms with E-state index in [1.807, 2.05) is 0 Å². The van der Waals surface area contributed by atoms with Crippen LogP contribution in [-0.4, -0.2) is 49.3 Å². The second kappa shape index (κ2) is 49.4. The molecule has 9 nitrogen and oxygen atoms in total. The Kier molecular flexibility index (Phi) is 47.0. The minimum atomic E-state index is -4.39. The van der Waals surface area contributed by atoms with Crippen LogP contribution in [-0.2, 0) is 32.7 Å². The first kappa shape index (κ1) is 60.9. The summed E-state index contributed by atoms with van der Waals surface area (Å²) in [6.45, 7) is 3.58. The summed E-state index contributed by atoms with van der Waals surface area (Å²) in [5, 5.41) is 0. The Balaban J connectivity index is 4.10. The van der Waals surface area contributed by atoms with Gasteiger partial charge in [-0.1, -0.05) is 188 Å². The minimum absolute atomic E-state index is 0.0455. The molecule has 0 saturated carbocycles. The van der Waals surface area contributed by atoms with E-state index in [9.17, 15) is 19.0 Å². The average Bonchev–Trinajstić information content (AvgIpc) is 3.28. The highest BCUT2D eigenvalue weighted by Crippen LogP contribution is 2.43. The highest BCUT2D eigenvalue weighted by Gasteiger charge is 2.26. The van der Waals surface area contributed by atoms with Crippen molar-refractivity contribution in [2.45, 2.75) is 206 Å². The maximum Gasteiger partial charge on any atom is 0.472 e. The summed E-state index contributed by atoms with van der Waals surface area (Å²) in [6, 6.07) is 0. The molecule has 0 amide bonds. The molecule has 366 valence electrons. The van der Waals surface area contributed by atoms with Crippen molar-refractivity contribution in [2.24, 2.45) is 5.73 Å². The number of unbranched alkanes of at least 4 members (excludes halogenated alkanes) is 17. The van der Waals surface area contributed by atoms with E-state index in [4.69, 9.17) is 24.3 Å². The van der Waals surface area contributed by atoms with Crippen molar-refractivity contribution in [1.82, 2.24) is 0 Å². The summed E-state index contributed by atoms with van der Waals surface area (Å²) < 4.78 is 32.9. The molecule has 0 aromatic rings. The van der Waals surface area contributed by atoms with E-state index in [1.165, 1.54) is 57.8 Å². The number of nitrogens with two attached hydrogens (primary N) is 1. The largest absolute Gasteiger partial charge is 0.472 e. The lowest BCUT2D eigenvalue weighted by Crippen LogP contribution is -2.29. The highest BCUT2D eigenvalue weighted by molar-refractivity contribution is 7.47. The lowest BCUT2D eigenvalue weighted by molar-refractivity contribution is -0.161. The number of rotatable bonds is 46. The first-order valence-electron chi connectivity index (χ1n) is 25.2. The van der Waals surface area contributed by atoms with Crippen molar-refractivity contribution in [2.75, 3.05) is 26.4 Å². The quantitative estimate of drug-likeness (QED) is 0.0265. The predicted octanol–water partition coefficient (Wildman–Crippen LogP) is 15.3. The van der Waals surface area contributed by atoms with Gasteiger partial charge < -0.3 is 20.1 Å². The van der Waals surface area contributed by atoms with Crippen molar-refractivity contribution >= 4 is 19.8 Å². The Morgan fingerprint density at radius 1 is 0.484 bits per heavy atom. The Morgan fingerprint density at radius 2 is 0.859 bits per heavy atom. The van der Waals surface area contributed by atoms with Crippen LogP contribution in [0.15, 0.2) is 97.2 Å². The molecule has 2 unspecified atom stereocenters. The molecular weight excluding hydrogens is 822 g/mol. The molecule has 0 heterocycles. The van der Waals surface area contributed by atoms with Crippen LogP contribution in [0.3, 0.4) is 0 Å². The first-order valence-corrected chi connectivity index (χ1v) is 26.7. The van der Waals surface area contributed by atoms with Crippen molar-refractivity contribution in [3.05, 3.63) is 97.2 Å². The van der Waals surface area contributed by atoms with Gasteiger partial charge in [0.1, 0.15) is 6.61 Å². The molecule has 0 rings (SSSR count). The summed E-state index contributed by atoms with van der Waals surface area (Å²) in [4.78, 5) is 35.0. The molecule has 0 saturated heterocycles. The fourth-order valence-corrected chi connectivity index (χ4v) is 7.26. The molecule has 0 aliphatic carbocycles. The summed E-state index contributed by atoms with van der Waals surface area (Å²) in [5.74, 6) is -0.857. The van der Waals surface area contributed by atoms with Gasteiger partial charge in [0.15, 0.2) is 6.10 Å². The average molecular weight is 914 g/mol. The fraction of sp³-hybridized carbons (Fsp3) is 0.667. The third kappa shape index (κ3) is 48.4. The van der Waals surface area contributed by atoms with E-state index in [0.29, 0.717) is 6.42 Å². The number of allylic oxidation sites excluding steroid dienone is 16. The Bertz CT molecular complexity index is 1360. The first-order chi connectivity index (χ1) is 31.3. The van der Waals surface area contributed by atoms with E-state index in [2.05, 4.69) is 111 Å². The molecule has 0 aliphatic heterocycles. The van der Waals surface area contributed by atoms with Crippen LogP contribution < -0.4 is 5.73 Å². The normalized spacial score (nSPS) is 14.0. The molecule has 0 fully saturated rings. The van der Waals surface area contributed by atoms with Gasteiger partial charge in [-0.05, 0) is 96.3 Å². The van der Waals surface area contributed by atoms with Crippen LogP contribution in [0.1, 0.15) is 200 Å². The van der Waals surface area contributed by atoms with Crippen molar-refractivity contribution < 1.29 is 37.6 Å². The second-order valence-corrected chi connectivity index (χ2v) is 17.8. The topological polar surface area (TPSA) is 134 Å². The van der Waals surface area contributed by atoms with Crippen LogP contribution in [0.4, 0.5) is 0 Å². The second-order valence-electron chi connectivity index (χ2n) is 16.3. The van der Waals surface area contributed by atoms with Crippen LogP contribution in [0.5, 0.6) is 0 Å². The summed E-state index contributed by atoms with van der Waals surface area (Å²) >= 11 is 0. The zero-order valence-corrected chi connectivity index (χ0v) is 41.4. The van der Waals surface area contributed by atoms with Crippen molar-refractivity contribution in [1.29, 1.82) is 0 Å². The number of carbonyl (C=O) groups is 2. The maximum atomic E-state index is 12.6. The van der Waals surface area contributed by atoms with E-state index in [1.54, 1.807) is 0 Å². The molecule has 0 spiro atoms. The molecule has 0 aliphatic rings. The smallest absolute Gasteiger partial charge is 0.462 e. The van der Waals surface area contributed by atoms with Gasteiger partial charge in [0, 0.05) is 19.4 Å². The maximum absolute atomic E-state index is 12.6. The van der Waals surface area contributed by atoms with Crippen LogP contribution in [0.25, 0.3) is 0 Å². The standard InChI is InChI=1S/C54H92NO8P/c1-3-5-7-9-11-13-15-17-19-20-21-22-23-24-25-26-27-28-29-30-31-32-33-35-37-39-41-43-45-47-54(57)63-52(51-62-64(58,59)61-49-48-55)50-60-53(56)46-44-42-40-38-36-34-18-16-14-12-10-8-6-4-2/h5,7,11,13,16-19,21-22,24-25,27-28,30-31,52H,3-4,6,8-10,12,14-15,20,23,26,29,32-51,55H2,1-2H3,(H,58,59)/b7-5-,13-11-,18-16-,19-17-,22-21-,25-24-,28-27-,31-30-. The number of phosphoric ester groups is 1. The highest BCUT2D eigenvalue weighted by atomic mass is 31.2. The van der Waals surface area contributed by atoms with Gasteiger partial charge in [0.2, 0.25) is 0 Å². The monoisotopic (exact) mass is 914 g/mol. The van der Waals surface area contributed by atoms with Gasteiger partial charge in [-0.25, -0.2) is 4.57 Å². The number of hydrogen-bond donors (Lipinski definition) is 2. The van der Waals surface area contributed by atoms with Gasteiger partial charge in [-0.15, -0.1) is 0 Å². The molecule has 0 aromatic heterocycles. The molecule has 10 heteroatoms. The number of ether oxygens (including phenoxy) is 2. The number of esters is 2. The predicted molar refractivity (Wildman–Crippen MR) is 270 cm³/mol. The Morgan fingerprint density at radius 3 is 1.30 bits per heavy atom. The lowest BCUT2D eigenvalue weighted by Gasteiger charge is -2.19. The van der Waals surface area contributed by atoms with Gasteiger partial charge in [0.25, 0.3) is 0 Å². The summed E-state index contributed by atoms with van der Waals surface area (Å²) in [7, 11) is -4.39. The molecular formula is C54H92NO8P.